The van der Waals surface area contributed by atoms with Crippen molar-refractivity contribution in [3.8, 4) is 0 Å². The number of aryl methyl sites for hydroxylation is 4. The fourth-order valence-corrected chi connectivity index (χ4v) is 3.52. The van der Waals surface area contributed by atoms with Gasteiger partial charge in [0.2, 0.25) is 0 Å². The van der Waals surface area contributed by atoms with Gasteiger partial charge in [0.1, 0.15) is 5.56 Å². The second-order valence-electron chi connectivity index (χ2n) is 7.99. The summed E-state index contributed by atoms with van der Waals surface area (Å²) in [7, 11) is 0. The minimum Gasteiger partial charge on any atom is -0.449 e. The summed E-state index contributed by atoms with van der Waals surface area (Å²) in [5.74, 6) is -0.914. The molecule has 0 saturated heterocycles. The molecule has 6 heteroatoms. The van der Waals surface area contributed by atoms with Crippen molar-refractivity contribution in [1.29, 1.82) is 0 Å². The summed E-state index contributed by atoms with van der Waals surface area (Å²) in [5, 5.41) is 7.38. The minimum absolute atomic E-state index is 0.367. The number of amides is 1. The van der Waals surface area contributed by atoms with Gasteiger partial charge in [0.05, 0.1) is 17.9 Å². The quantitative estimate of drug-likeness (QED) is 0.590. The molecular formula is C25H29N3O3. The van der Waals surface area contributed by atoms with Crippen LogP contribution >= 0.6 is 0 Å². The highest BCUT2D eigenvalue weighted by Crippen LogP contribution is 2.21. The first-order valence-electron chi connectivity index (χ1n) is 10.3. The molecule has 1 N–H and O–H groups in total. The van der Waals surface area contributed by atoms with Crippen molar-refractivity contribution in [2.75, 3.05) is 5.32 Å². The van der Waals surface area contributed by atoms with Gasteiger partial charge >= 0.3 is 5.97 Å². The SMILES string of the molecule is Cc1ccc(Cn2nc(C)c(C(=O)O[C@@H](C)C(=O)Nc3c(C)cccc3C)c2C)cc1. The van der Waals surface area contributed by atoms with Crippen molar-refractivity contribution < 1.29 is 14.3 Å². The molecule has 0 saturated carbocycles. The summed E-state index contributed by atoms with van der Waals surface area (Å²) in [4.78, 5) is 25.5. The largest absolute Gasteiger partial charge is 0.449 e. The van der Waals surface area contributed by atoms with E-state index in [9.17, 15) is 9.59 Å². The van der Waals surface area contributed by atoms with Gasteiger partial charge in [-0.1, -0.05) is 48.0 Å². The van der Waals surface area contributed by atoms with Gasteiger partial charge in [-0.25, -0.2) is 4.79 Å². The normalized spacial score (nSPS) is 11.8. The van der Waals surface area contributed by atoms with Crippen LogP contribution in [0.5, 0.6) is 0 Å². The van der Waals surface area contributed by atoms with Crippen LogP contribution in [0.15, 0.2) is 42.5 Å². The molecule has 1 aromatic heterocycles. The predicted octanol–water partition coefficient (Wildman–Crippen LogP) is 4.66. The van der Waals surface area contributed by atoms with Gasteiger partial charge in [0.25, 0.3) is 5.91 Å². The molecule has 0 aliphatic carbocycles. The Bertz CT molecular complexity index is 1090. The Morgan fingerprint density at radius 1 is 1.00 bits per heavy atom. The number of hydrogen-bond acceptors (Lipinski definition) is 4. The summed E-state index contributed by atoms with van der Waals surface area (Å²) in [6.07, 6.45) is -0.939. The van der Waals surface area contributed by atoms with Crippen molar-refractivity contribution >= 4 is 17.6 Å². The van der Waals surface area contributed by atoms with Crippen LogP contribution in [-0.4, -0.2) is 27.8 Å². The number of para-hydroxylation sites is 1. The highest BCUT2D eigenvalue weighted by Gasteiger charge is 2.25. The Hall–Kier alpha value is -3.41. The second-order valence-corrected chi connectivity index (χ2v) is 7.99. The third-order valence-corrected chi connectivity index (χ3v) is 5.42. The van der Waals surface area contributed by atoms with Crippen LogP contribution < -0.4 is 5.32 Å². The maximum absolute atomic E-state index is 12.8. The molecule has 0 spiro atoms. The smallest absolute Gasteiger partial charge is 0.342 e. The number of carbonyl (C=O) groups excluding carboxylic acids is 2. The molecule has 0 radical (unpaired) electrons. The summed E-state index contributed by atoms with van der Waals surface area (Å²) in [5.41, 5.74) is 6.63. The number of anilines is 1. The number of esters is 1. The molecule has 0 aliphatic rings. The first-order chi connectivity index (χ1) is 14.7. The predicted molar refractivity (Wildman–Crippen MR) is 121 cm³/mol. The second kappa shape index (κ2) is 9.16. The van der Waals surface area contributed by atoms with Gasteiger partial charge in [-0.15, -0.1) is 0 Å². The fraction of sp³-hybridized carbons (Fsp3) is 0.320. The Kier molecular flexibility index (Phi) is 6.59. The van der Waals surface area contributed by atoms with Crippen LogP contribution in [0.3, 0.4) is 0 Å². The van der Waals surface area contributed by atoms with Crippen molar-refractivity contribution in [1.82, 2.24) is 9.78 Å². The highest BCUT2D eigenvalue weighted by molar-refractivity contribution is 5.98. The van der Waals surface area contributed by atoms with E-state index in [1.165, 1.54) is 5.56 Å². The standard InChI is InChI=1S/C25H29N3O3/c1-15-10-12-21(13-11-15)14-28-19(5)22(18(4)27-28)25(30)31-20(6)24(29)26-23-16(2)8-7-9-17(23)3/h7-13,20H,14H2,1-6H3,(H,26,29)/t20-/m0/s1. The minimum atomic E-state index is -0.939. The molecular weight excluding hydrogens is 390 g/mol. The molecule has 1 amide bonds. The van der Waals surface area contributed by atoms with E-state index in [-0.39, 0.29) is 5.91 Å². The topological polar surface area (TPSA) is 73.2 Å². The molecule has 0 bridgehead atoms. The molecule has 1 heterocycles. The summed E-state index contributed by atoms with van der Waals surface area (Å²) in [6.45, 7) is 11.6. The van der Waals surface area contributed by atoms with Gasteiger partial charge in [-0.3, -0.25) is 9.48 Å². The van der Waals surface area contributed by atoms with Crippen molar-refractivity contribution in [2.24, 2.45) is 0 Å². The van der Waals surface area contributed by atoms with E-state index in [0.29, 0.717) is 23.5 Å². The van der Waals surface area contributed by atoms with Gasteiger partial charge in [0.15, 0.2) is 6.10 Å². The van der Waals surface area contributed by atoms with Crippen LogP contribution in [0.4, 0.5) is 5.69 Å². The van der Waals surface area contributed by atoms with Crippen molar-refractivity contribution in [3.05, 3.63) is 81.7 Å². The van der Waals surface area contributed by atoms with E-state index in [2.05, 4.69) is 10.4 Å². The van der Waals surface area contributed by atoms with Gasteiger partial charge < -0.3 is 10.1 Å². The summed E-state index contributed by atoms with van der Waals surface area (Å²) < 4.78 is 7.28. The highest BCUT2D eigenvalue weighted by atomic mass is 16.5. The van der Waals surface area contributed by atoms with Gasteiger partial charge in [0, 0.05) is 5.69 Å². The molecule has 162 valence electrons. The van der Waals surface area contributed by atoms with Gasteiger partial charge in [-0.05, 0) is 58.2 Å². The zero-order chi connectivity index (χ0) is 22.7. The molecule has 0 aliphatic heterocycles. The van der Waals surface area contributed by atoms with Crippen molar-refractivity contribution in [2.45, 2.75) is 54.2 Å². The molecule has 0 unspecified atom stereocenters. The van der Waals surface area contributed by atoms with Crippen LogP contribution in [0.2, 0.25) is 0 Å². The van der Waals surface area contributed by atoms with Crippen LogP contribution in [0.1, 0.15) is 50.9 Å². The molecule has 31 heavy (non-hydrogen) atoms. The first kappa shape index (κ1) is 22.3. The van der Waals surface area contributed by atoms with Crippen LogP contribution in [-0.2, 0) is 16.1 Å². The number of hydrogen-bond donors (Lipinski definition) is 1. The number of rotatable bonds is 6. The lowest BCUT2D eigenvalue weighted by Crippen LogP contribution is -2.30. The van der Waals surface area contributed by atoms with Crippen LogP contribution in [0, 0.1) is 34.6 Å². The number of nitrogens with zero attached hydrogens (tertiary/aromatic N) is 2. The lowest BCUT2D eigenvalue weighted by molar-refractivity contribution is -0.123. The monoisotopic (exact) mass is 419 g/mol. The lowest BCUT2D eigenvalue weighted by Gasteiger charge is -2.16. The Morgan fingerprint density at radius 3 is 2.23 bits per heavy atom. The van der Waals surface area contributed by atoms with E-state index >= 15 is 0 Å². The van der Waals surface area contributed by atoms with Gasteiger partial charge in [-0.2, -0.15) is 5.10 Å². The third kappa shape index (κ3) is 5.02. The molecule has 2 aromatic carbocycles. The molecule has 0 fully saturated rings. The number of carbonyl (C=O) groups is 2. The number of benzene rings is 2. The number of aromatic nitrogens is 2. The average Bonchev–Trinajstić information content (AvgIpc) is 2.99. The Morgan fingerprint density at radius 2 is 1.61 bits per heavy atom. The summed E-state index contributed by atoms with van der Waals surface area (Å²) >= 11 is 0. The lowest BCUT2D eigenvalue weighted by atomic mass is 10.1. The number of ether oxygens (including phenoxy) is 1. The third-order valence-electron chi connectivity index (χ3n) is 5.42. The van der Waals surface area contributed by atoms with E-state index in [1.54, 1.807) is 18.5 Å². The molecule has 6 nitrogen and oxygen atoms in total. The summed E-state index contributed by atoms with van der Waals surface area (Å²) in [6, 6.07) is 14.0. The molecule has 1 atom stereocenters. The fourth-order valence-electron chi connectivity index (χ4n) is 3.52. The zero-order valence-electron chi connectivity index (χ0n) is 18.9. The Labute approximate surface area is 183 Å². The van der Waals surface area contributed by atoms with Crippen LogP contribution in [0.25, 0.3) is 0 Å². The molecule has 3 aromatic rings. The zero-order valence-corrected chi connectivity index (χ0v) is 18.9. The maximum atomic E-state index is 12.8. The van der Waals surface area contributed by atoms with E-state index < -0.39 is 12.1 Å². The average molecular weight is 420 g/mol. The van der Waals surface area contributed by atoms with E-state index in [1.807, 2.05) is 70.2 Å². The van der Waals surface area contributed by atoms with E-state index in [4.69, 9.17) is 4.74 Å². The first-order valence-corrected chi connectivity index (χ1v) is 10.3. The van der Waals surface area contributed by atoms with Crippen molar-refractivity contribution in [3.63, 3.8) is 0 Å². The number of nitrogens with one attached hydrogen (secondary N) is 1. The Balaban J connectivity index is 1.71. The maximum Gasteiger partial charge on any atom is 0.342 e. The van der Waals surface area contributed by atoms with E-state index in [0.717, 1.165) is 22.4 Å². The molecule has 3 rings (SSSR count).